The molecule has 2 fully saturated rings. The van der Waals surface area contributed by atoms with E-state index in [0.717, 1.165) is 26.2 Å². The molecule has 2 aliphatic rings. The van der Waals surface area contributed by atoms with E-state index in [1.807, 2.05) is 18.2 Å². The van der Waals surface area contributed by atoms with Crippen LogP contribution in [0, 0.1) is 0 Å². The molecule has 2 aliphatic heterocycles. The van der Waals surface area contributed by atoms with Crippen molar-refractivity contribution in [1.29, 1.82) is 0 Å². The van der Waals surface area contributed by atoms with Gasteiger partial charge in [-0.25, -0.2) is 4.90 Å². The SMILES string of the molecule is COc1ccc(N2C(=O)CC(N3CCN(c4ccccc4)CC3)C2=O)cc1. The molecular weight excluding hydrogens is 342 g/mol. The minimum atomic E-state index is -0.363. The van der Waals surface area contributed by atoms with Gasteiger partial charge in [0.1, 0.15) is 5.75 Å². The molecule has 1 atom stereocenters. The molecule has 2 aromatic carbocycles. The van der Waals surface area contributed by atoms with Gasteiger partial charge in [-0.05, 0) is 36.4 Å². The zero-order valence-electron chi connectivity index (χ0n) is 15.4. The summed E-state index contributed by atoms with van der Waals surface area (Å²) in [5, 5.41) is 0. The van der Waals surface area contributed by atoms with E-state index in [4.69, 9.17) is 4.74 Å². The van der Waals surface area contributed by atoms with Crippen LogP contribution in [-0.2, 0) is 9.59 Å². The molecule has 0 aromatic heterocycles. The molecule has 2 aromatic rings. The van der Waals surface area contributed by atoms with Gasteiger partial charge >= 0.3 is 0 Å². The predicted molar refractivity (Wildman–Crippen MR) is 104 cm³/mol. The van der Waals surface area contributed by atoms with Gasteiger partial charge in [0.25, 0.3) is 5.91 Å². The molecule has 0 saturated carbocycles. The lowest BCUT2D eigenvalue weighted by molar-refractivity contribution is -0.123. The van der Waals surface area contributed by atoms with Crippen molar-refractivity contribution in [3.05, 3.63) is 54.6 Å². The zero-order chi connectivity index (χ0) is 18.8. The van der Waals surface area contributed by atoms with E-state index in [9.17, 15) is 9.59 Å². The number of methoxy groups -OCH3 is 1. The molecule has 6 heteroatoms. The number of imide groups is 1. The average molecular weight is 365 g/mol. The molecule has 4 rings (SSSR count). The van der Waals surface area contributed by atoms with Crippen molar-refractivity contribution >= 4 is 23.2 Å². The van der Waals surface area contributed by atoms with Crippen LogP contribution in [0.25, 0.3) is 0 Å². The van der Waals surface area contributed by atoms with Gasteiger partial charge in [0.2, 0.25) is 5.91 Å². The van der Waals surface area contributed by atoms with Crippen LogP contribution in [0.3, 0.4) is 0 Å². The lowest BCUT2D eigenvalue weighted by atomic mass is 10.1. The lowest BCUT2D eigenvalue weighted by Gasteiger charge is -2.38. The Bertz CT molecular complexity index is 814. The summed E-state index contributed by atoms with van der Waals surface area (Å²) in [6.07, 6.45) is 0.246. The van der Waals surface area contributed by atoms with Crippen molar-refractivity contribution in [1.82, 2.24) is 4.90 Å². The van der Waals surface area contributed by atoms with Crippen molar-refractivity contribution in [2.45, 2.75) is 12.5 Å². The molecule has 0 radical (unpaired) electrons. The largest absolute Gasteiger partial charge is 0.497 e. The Labute approximate surface area is 158 Å². The fraction of sp³-hybridized carbons (Fsp3) is 0.333. The third-order valence-corrected chi connectivity index (χ3v) is 5.33. The average Bonchev–Trinajstić information content (AvgIpc) is 3.03. The fourth-order valence-corrected chi connectivity index (χ4v) is 3.83. The molecule has 2 amide bonds. The first-order chi connectivity index (χ1) is 13.2. The summed E-state index contributed by atoms with van der Waals surface area (Å²) in [5.74, 6) is 0.436. The molecule has 27 heavy (non-hydrogen) atoms. The van der Waals surface area contributed by atoms with Gasteiger partial charge in [0.15, 0.2) is 0 Å². The van der Waals surface area contributed by atoms with Gasteiger partial charge in [0, 0.05) is 31.9 Å². The van der Waals surface area contributed by atoms with Crippen molar-refractivity contribution in [3.8, 4) is 5.75 Å². The van der Waals surface area contributed by atoms with E-state index in [-0.39, 0.29) is 24.3 Å². The van der Waals surface area contributed by atoms with E-state index in [0.29, 0.717) is 11.4 Å². The van der Waals surface area contributed by atoms with E-state index >= 15 is 0 Å². The highest BCUT2D eigenvalue weighted by atomic mass is 16.5. The first kappa shape index (κ1) is 17.5. The maximum absolute atomic E-state index is 12.9. The highest BCUT2D eigenvalue weighted by Crippen LogP contribution is 2.28. The lowest BCUT2D eigenvalue weighted by Crippen LogP contribution is -2.52. The standard InChI is InChI=1S/C21H23N3O3/c1-27-18-9-7-17(8-10-18)24-20(25)15-19(21(24)26)23-13-11-22(12-14-23)16-5-3-2-4-6-16/h2-10,19H,11-15H2,1H3. The number of nitrogens with zero attached hydrogens (tertiary/aromatic N) is 3. The van der Waals surface area contributed by atoms with Gasteiger partial charge < -0.3 is 9.64 Å². The number of piperazine rings is 1. The first-order valence-electron chi connectivity index (χ1n) is 9.22. The summed E-state index contributed by atoms with van der Waals surface area (Å²) >= 11 is 0. The van der Waals surface area contributed by atoms with E-state index in [1.165, 1.54) is 10.6 Å². The Hall–Kier alpha value is -2.86. The van der Waals surface area contributed by atoms with Crippen LogP contribution in [0.4, 0.5) is 11.4 Å². The van der Waals surface area contributed by atoms with Gasteiger partial charge in [0.05, 0.1) is 25.3 Å². The van der Waals surface area contributed by atoms with E-state index in [2.05, 4.69) is 21.9 Å². The number of carbonyl (C=O) groups is 2. The topological polar surface area (TPSA) is 53.1 Å². The molecule has 2 heterocycles. The highest BCUT2D eigenvalue weighted by molar-refractivity contribution is 6.22. The number of para-hydroxylation sites is 1. The maximum atomic E-state index is 12.9. The van der Waals surface area contributed by atoms with Crippen molar-refractivity contribution in [3.63, 3.8) is 0 Å². The summed E-state index contributed by atoms with van der Waals surface area (Å²) in [6, 6.07) is 17.0. The highest BCUT2D eigenvalue weighted by Gasteiger charge is 2.43. The van der Waals surface area contributed by atoms with Gasteiger partial charge in [-0.1, -0.05) is 18.2 Å². The van der Waals surface area contributed by atoms with Gasteiger partial charge in [-0.3, -0.25) is 14.5 Å². The minimum absolute atomic E-state index is 0.127. The van der Waals surface area contributed by atoms with Crippen molar-refractivity contribution in [2.75, 3.05) is 43.1 Å². The smallest absolute Gasteiger partial charge is 0.251 e. The Morgan fingerprint density at radius 1 is 0.852 bits per heavy atom. The first-order valence-corrected chi connectivity index (χ1v) is 9.22. The third-order valence-electron chi connectivity index (χ3n) is 5.33. The second-order valence-electron chi connectivity index (χ2n) is 6.84. The molecule has 2 saturated heterocycles. The third kappa shape index (κ3) is 3.40. The Balaban J connectivity index is 1.43. The normalized spacial score (nSPS) is 21.0. The monoisotopic (exact) mass is 365 g/mol. The number of rotatable bonds is 4. The number of benzene rings is 2. The molecule has 0 spiro atoms. The van der Waals surface area contributed by atoms with Gasteiger partial charge in [-0.2, -0.15) is 0 Å². The van der Waals surface area contributed by atoms with Crippen LogP contribution in [0.1, 0.15) is 6.42 Å². The van der Waals surface area contributed by atoms with Crippen LogP contribution >= 0.6 is 0 Å². The number of carbonyl (C=O) groups excluding carboxylic acids is 2. The number of ether oxygens (including phenoxy) is 1. The molecule has 0 aliphatic carbocycles. The second kappa shape index (κ2) is 7.40. The van der Waals surface area contributed by atoms with Crippen molar-refractivity contribution in [2.24, 2.45) is 0 Å². The zero-order valence-corrected chi connectivity index (χ0v) is 15.4. The summed E-state index contributed by atoms with van der Waals surface area (Å²) in [6.45, 7) is 3.25. The fourth-order valence-electron chi connectivity index (χ4n) is 3.83. The Morgan fingerprint density at radius 3 is 2.15 bits per heavy atom. The summed E-state index contributed by atoms with van der Waals surface area (Å²) < 4.78 is 5.15. The Morgan fingerprint density at radius 2 is 1.52 bits per heavy atom. The summed E-state index contributed by atoms with van der Waals surface area (Å²) in [5.41, 5.74) is 1.81. The molecule has 140 valence electrons. The molecule has 0 N–H and O–H groups in total. The summed E-state index contributed by atoms with van der Waals surface area (Å²) in [7, 11) is 1.59. The quantitative estimate of drug-likeness (QED) is 0.777. The number of hydrogen-bond donors (Lipinski definition) is 0. The van der Waals surface area contributed by atoms with E-state index in [1.54, 1.807) is 31.4 Å². The summed E-state index contributed by atoms with van der Waals surface area (Å²) in [4.78, 5) is 31.2. The maximum Gasteiger partial charge on any atom is 0.251 e. The predicted octanol–water partition coefficient (Wildman–Crippen LogP) is 2.15. The molecule has 1 unspecified atom stereocenters. The van der Waals surface area contributed by atoms with Crippen LogP contribution in [-0.4, -0.2) is 56.0 Å². The van der Waals surface area contributed by atoms with Crippen LogP contribution in [0.15, 0.2) is 54.6 Å². The number of amides is 2. The number of hydrogen-bond acceptors (Lipinski definition) is 5. The van der Waals surface area contributed by atoms with Crippen molar-refractivity contribution < 1.29 is 14.3 Å². The molecular formula is C21H23N3O3. The van der Waals surface area contributed by atoms with E-state index < -0.39 is 0 Å². The van der Waals surface area contributed by atoms with Crippen LogP contribution < -0.4 is 14.5 Å². The molecule has 0 bridgehead atoms. The Kier molecular flexibility index (Phi) is 4.81. The van der Waals surface area contributed by atoms with Crippen LogP contribution in [0.2, 0.25) is 0 Å². The minimum Gasteiger partial charge on any atom is -0.497 e. The molecule has 6 nitrogen and oxygen atoms in total. The number of anilines is 2. The second-order valence-corrected chi connectivity index (χ2v) is 6.84. The van der Waals surface area contributed by atoms with Gasteiger partial charge in [-0.15, -0.1) is 0 Å². The van der Waals surface area contributed by atoms with Crippen LogP contribution in [0.5, 0.6) is 5.75 Å².